The molecule has 0 spiro atoms. The minimum atomic E-state index is -0.111. The van der Waals surface area contributed by atoms with Crippen molar-refractivity contribution in [3.63, 3.8) is 0 Å². The molecule has 2 rings (SSSR count). The maximum Gasteiger partial charge on any atom is 0.115 e. The average Bonchev–Trinajstić information content (AvgIpc) is 2.22. The van der Waals surface area contributed by atoms with Gasteiger partial charge in [0.25, 0.3) is 0 Å². The number of hydrogen-bond donors (Lipinski definition) is 1. The van der Waals surface area contributed by atoms with Gasteiger partial charge in [0.1, 0.15) is 7.85 Å². The van der Waals surface area contributed by atoms with E-state index >= 15 is 0 Å². The highest BCUT2D eigenvalue weighted by Crippen LogP contribution is 2.12. The summed E-state index contributed by atoms with van der Waals surface area (Å²) in [4.78, 5) is 6.39. The molecule has 1 aromatic rings. The van der Waals surface area contributed by atoms with E-state index in [1.54, 1.807) is 6.20 Å². The first kappa shape index (κ1) is 10.6. The SMILES string of the molecule is [B]c1cncc(CN2CCC(O)CC2)c1. The van der Waals surface area contributed by atoms with Crippen molar-refractivity contribution in [3.8, 4) is 0 Å². The third-order valence-electron chi connectivity index (χ3n) is 2.78. The first-order valence-electron chi connectivity index (χ1n) is 5.34. The summed E-state index contributed by atoms with van der Waals surface area (Å²) in [7, 11) is 5.66. The van der Waals surface area contributed by atoms with Crippen LogP contribution in [0.5, 0.6) is 0 Å². The Labute approximate surface area is 91.5 Å². The molecule has 0 atom stereocenters. The van der Waals surface area contributed by atoms with Crippen LogP contribution in [0.1, 0.15) is 18.4 Å². The van der Waals surface area contributed by atoms with Gasteiger partial charge in [0.15, 0.2) is 0 Å². The summed E-state index contributed by atoms with van der Waals surface area (Å²) >= 11 is 0. The van der Waals surface area contributed by atoms with E-state index in [0.29, 0.717) is 5.46 Å². The second kappa shape index (κ2) is 4.77. The molecule has 78 valence electrons. The molecule has 0 unspecified atom stereocenters. The Balaban J connectivity index is 1.92. The van der Waals surface area contributed by atoms with E-state index in [-0.39, 0.29) is 6.10 Å². The van der Waals surface area contributed by atoms with Gasteiger partial charge in [0.05, 0.1) is 6.10 Å². The van der Waals surface area contributed by atoms with E-state index in [1.165, 1.54) is 0 Å². The fourth-order valence-corrected chi connectivity index (χ4v) is 1.93. The van der Waals surface area contributed by atoms with Gasteiger partial charge in [-0.1, -0.05) is 11.5 Å². The molecule has 4 heteroatoms. The molecule has 1 aliphatic heterocycles. The fraction of sp³-hybridized carbons (Fsp3) is 0.545. The number of likely N-dealkylation sites (tertiary alicyclic amines) is 1. The highest BCUT2D eigenvalue weighted by molar-refractivity contribution is 6.32. The Morgan fingerprint density at radius 1 is 1.40 bits per heavy atom. The van der Waals surface area contributed by atoms with Gasteiger partial charge in [-0.3, -0.25) is 9.88 Å². The van der Waals surface area contributed by atoms with Crippen LogP contribution in [-0.4, -0.2) is 42.0 Å². The predicted octanol–water partition coefficient (Wildman–Crippen LogP) is -0.168. The first-order chi connectivity index (χ1) is 7.24. The molecule has 15 heavy (non-hydrogen) atoms. The molecule has 0 amide bonds. The van der Waals surface area contributed by atoms with E-state index in [1.807, 2.05) is 12.3 Å². The zero-order valence-electron chi connectivity index (χ0n) is 8.76. The normalized spacial score (nSPS) is 19.3. The van der Waals surface area contributed by atoms with Crippen LogP contribution in [-0.2, 0) is 6.54 Å². The van der Waals surface area contributed by atoms with Crippen LogP contribution in [0.3, 0.4) is 0 Å². The minimum absolute atomic E-state index is 0.111. The number of aromatic nitrogens is 1. The zero-order valence-corrected chi connectivity index (χ0v) is 8.76. The van der Waals surface area contributed by atoms with Gasteiger partial charge in [-0.2, -0.15) is 0 Å². The second-order valence-electron chi connectivity index (χ2n) is 4.13. The number of hydrogen-bond acceptors (Lipinski definition) is 3. The maximum atomic E-state index is 9.38. The molecule has 0 bridgehead atoms. The summed E-state index contributed by atoms with van der Waals surface area (Å²) in [5.41, 5.74) is 1.86. The molecule has 1 N–H and O–H groups in total. The molecule has 0 saturated carbocycles. The molecule has 2 radical (unpaired) electrons. The lowest BCUT2D eigenvalue weighted by Gasteiger charge is -2.29. The van der Waals surface area contributed by atoms with Gasteiger partial charge in [-0.25, -0.2) is 0 Å². The van der Waals surface area contributed by atoms with Gasteiger partial charge >= 0.3 is 0 Å². The van der Waals surface area contributed by atoms with E-state index in [0.717, 1.165) is 38.0 Å². The lowest BCUT2D eigenvalue weighted by molar-refractivity contribution is 0.0792. The Kier molecular flexibility index (Phi) is 3.39. The summed E-state index contributed by atoms with van der Waals surface area (Å²) in [6, 6.07) is 1.96. The van der Waals surface area contributed by atoms with E-state index in [4.69, 9.17) is 7.85 Å². The lowest BCUT2D eigenvalue weighted by atomic mass is 9.97. The second-order valence-corrected chi connectivity index (χ2v) is 4.13. The van der Waals surface area contributed by atoms with Crippen LogP contribution >= 0.6 is 0 Å². The van der Waals surface area contributed by atoms with Gasteiger partial charge in [-0.15, -0.1) is 0 Å². The number of pyridine rings is 1. The third kappa shape index (κ3) is 3.04. The van der Waals surface area contributed by atoms with E-state index in [2.05, 4.69) is 9.88 Å². The highest BCUT2D eigenvalue weighted by Gasteiger charge is 2.16. The van der Waals surface area contributed by atoms with Crippen LogP contribution in [0, 0.1) is 0 Å². The minimum Gasteiger partial charge on any atom is -0.393 e. The molecular weight excluding hydrogens is 187 g/mol. The topological polar surface area (TPSA) is 36.4 Å². The predicted molar refractivity (Wildman–Crippen MR) is 60.1 cm³/mol. The van der Waals surface area contributed by atoms with Crippen molar-refractivity contribution < 1.29 is 5.11 Å². The average molecular weight is 202 g/mol. The van der Waals surface area contributed by atoms with Crippen molar-refractivity contribution in [1.82, 2.24) is 9.88 Å². The van der Waals surface area contributed by atoms with Crippen molar-refractivity contribution >= 4 is 13.3 Å². The smallest absolute Gasteiger partial charge is 0.115 e. The summed E-state index contributed by atoms with van der Waals surface area (Å²) in [6.07, 6.45) is 5.14. The number of nitrogens with zero attached hydrogens (tertiary/aromatic N) is 2. The quantitative estimate of drug-likeness (QED) is 0.676. The molecule has 1 fully saturated rings. The number of piperidine rings is 1. The van der Waals surface area contributed by atoms with Crippen LogP contribution in [0.2, 0.25) is 0 Å². The molecule has 2 heterocycles. The van der Waals surface area contributed by atoms with Gasteiger partial charge in [0, 0.05) is 32.0 Å². The highest BCUT2D eigenvalue weighted by atomic mass is 16.3. The Morgan fingerprint density at radius 2 is 2.13 bits per heavy atom. The Morgan fingerprint density at radius 3 is 2.80 bits per heavy atom. The number of rotatable bonds is 2. The number of aliphatic hydroxyl groups is 1. The monoisotopic (exact) mass is 202 g/mol. The molecule has 3 nitrogen and oxygen atoms in total. The molecule has 0 aromatic carbocycles. The van der Waals surface area contributed by atoms with Crippen molar-refractivity contribution in [2.24, 2.45) is 0 Å². The Bertz CT molecular complexity index is 324. The van der Waals surface area contributed by atoms with Crippen molar-refractivity contribution in [2.45, 2.75) is 25.5 Å². The largest absolute Gasteiger partial charge is 0.393 e. The van der Waals surface area contributed by atoms with Crippen LogP contribution in [0.15, 0.2) is 18.5 Å². The molecular formula is C11H15BN2O. The molecule has 0 aliphatic carbocycles. The third-order valence-corrected chi connectivity index (χ3v) is 2.78. The van der Waals surface area contributed by atoms with Crippen molar-refractivity contribution in [1.29, 1.82) is 0 Å². The summed E-state index contributed by atoms with van der Waals surface area (Å²) in [5.74, 6) is 0. The molecule has 1 aromatic heterocycles. The lowest BCUT2D eigenvalue weighted by Crippen LogP contribution is -2.35. The summed E-state index contributed by atoms with van der Waals surface area (Å²) in [6.45, 7) is 2.79. The van der Waals surface area contributed by atoms with Gasteiger partial charge in [-0.05, 0) is 18.4 Å². The van der Waals surface area contributed by atoms with Crippen molar-refractivity contribution in [2.75, 3.05) is 13.1 Å². The Hall–Kier alpha value is -0.865. The van der Waals surface area contributed by atoms with Crippen molar-refractivity contribution in [3.05, 3.63) is 24.0 Å². The van der Waals surface area contributed by atoms with Gasteiger partial charge < -0.3 is 5.11 Å². The summed E-state index contributed by atoms with van der Waals surface area (Å²) < 4.78 is 0. The summed E-state index contributed by atoms with van der Waals surface area (Å²) in [5, 5.41) is 9.38. The standard InChI is InChI=1S/C11H15BN2O/c12-10-5-9(6-13-7-10)8-14-3-1-11(15)2-4-14/h5-7,11,15H,1-4,8H2. The zero-order chi connectivity index (χ0) is 10.7. The first-order valence-corrected chi connectivity index (χ1v) is 5.34. The molecule has 1 saturated heterocycles. The van der Waals surface area contributed by atoms with E-state index < -0.39 is 0 Å². The van der Waals surface area contributed by atoms with Crippen LogP contribution < -0.4 is 5.46 Å². The van der Waals surface area contributed by atoms with Gasteiger partial charge in [0.2, 0.25) is 0 Å². The maximum absolute atomic E-state index is 9.38. The molecule has 1 aliphatic rings. The van der Waals surface area contributed by atoms with Crippen LogP contribution in [0.25, 0.3) is 0 Å². The number of aliphatic hydroxyl groups excluding tert-OH is 1. The van der Waals surface area contributed by atoms with Crippen LogP contribution in [0.4, 0.5) is 0 Å². The van der Waals surface area contributed by atoms with E-state index in [9.17, 15) is 5.11 Å². The fourth-order valence-electron chi connectivity index (χ4n) is 1.93.